The highest BCUT2D eigenvalue weighted by Crippen LogP contribution is 2.26. The van der Waals surface area contributed by atoms with Crippen molar-refractivity contribution in [1.29, 1.82) is 0 Å². The van der Waals surface area contributed by atoms with Crippen LogP contribution in [0.4, 0.5) is 0 Å². The molecule has 0 saturated carbocycles. The molecule has 1 aliphatic rings. The molecule has 2 N–H and O–H groups in total. The first-order valence-corrected chi connectivity index (χ1v) is 7.17. The first-order chi connectivity index (χ1) is 7.70. The molecule has 0 amide bonds. The summed E-state index contributed by atoms with van der Waals surface area (Å²) < 4.78 is 2.22. The third-order valence-corrected chi connectivity index (χ3v) is 5.02. The number of hydrogen-bond acceptors (Lipinski definition) is 2. The van der Waals surface area contributed by atoms with Gasteiger partial charge >= 0.3 is 0 Å². The Morgan fingerprint density at radius 3 is 2.71 bits per heavy atom. The van der Waals surface area contributed by atoms with Gasteiger partial charge in [0, 0.05) is 28.1 Å². The Morgan fingerprint density at radius 2 is 2.06 bits per heavy atom. The second-order valence-corrected chi connectivity index (χ2v) is 5.96. The molecular weight excluding hydrogens is 367 g/mol. The zero-order valence-corrected chi connectivity index (χ0v) is 13.5. The normalized spacial score (nSPS) is 20.3. The van der Waals surface area contributed by atoms with Gasteiger partial charge in [-0.1, -0.05) is 6.07 Å². The number of likely N-dealkylation sites (tertiary alicyclic amines) is 1. The van der Waals surface area contributed by atoms with Crippen molar-refractivity contribution in [3.8, 4) is 0 Å². The van der Waals surface area contributed by atoms with Gasteiger partial charge in [-0.25, -0.2) is 0 Å². The van der Waals surface area contributed by atoms with E-state index in [1.54, 1.807) is 0 Å². The predicted molar refractivity (Wildman–Crippen MR) is 81.6 cm³/mol. The molecule has 96 valence electrons. The second-order valence-electron chi connectivity index (χ2n) is 4.25. The van der Waals surface area contributed by atoms with Gasteiger partial charge in [0.2, 0.25) is 0 Å². The third kappa shape index (κ3) is 3.93. The van der Waals surface area contributed by atoms with E-state index < -0.39 is 0 Å². The van der Waals surface area contributed by atoms with Gasteiger partial charge in [-0.15, -0.1) is 12.4 Å². The van der Waals surface area contributed by atoms with Crippen molar-refractivity contribution in [3.63, 3.8) is 0 Å². The lowest BCUT2D eigenvalue weighted by atomic mass is 10.2. The molecule has 2 nitrogen and oxygen atoms in total. The van der Waals surface area contributed by atoms with E-state index in [1.165, 1.54) is 24.9 Å². The van der Waals surface area contributed by atoms with E-state index in [2.05, 4.69) is 55.0 Å². The molecule has 1 unspecified atom stereocenters. The molecular formula is C12H17Br2ClN2. The van der Waals surface area contributed by atoms with Crippen LogP contribution in [0.5, 0.6) is 0 Å². The van der Waals surface area contributed by atoms with Gasteiger partial charge in [0.05, 0.1) is 0 Å². The predicted octanol–water partition coefficient (Wildman–Crippen LogP) is 3.56. The molecule has 1 aliphatic heterocycles. The summed E-state index contributed by atoms with van der Waals surface area (Å²) in [7, 11) is 0. The fraction of sp³-hybridized carbons (Fsp3) is 0.500. The zero-order chi connectivity index (χ0) is 11.5. The quantitative estimate of drug-likeness (QED) is 0.863. The molecule has 1 heterocycles. The summed E-state index contributed by atoms with van der Waals surface area (Å²) in [5.74, 6) is 0. The Morgan fingerprint density at radius 1 is 1.29 bits per heavy atom. The van der Waals surface area contributed by atoms with Crippen molar-refractivity contribution >= 4 is 44.3 Å². The van der Waals surface area contributed by atoms with Crippen LogP contribution >= 0.6 is 44.3 Å². The molecule has 1 fully saturated rings. The van der Waals surface area contributed by atoms with Crippen LogP contribution in [0.2, 0.25) is 0 Å². The monoisotopic (exact) mass is 382 g/mol. The van der Waals surface area contributed by atoms with E-state index in [9.17, 15) is 0 Å². The van der Waals surface area contributed by atoms with E-state index in [0.29, 0.717) is 6.04 Å². The largest absolute Gasteiger partial charge is 0.329 e. The molecule has 1 aromatic carbocycles. The molecule has 1 atom stereocenters. The lowest BCUT2D eigenvalue weighted by molar-refractivity contribution is 0.250. The smallest absolute Gasteiger partial charge is 0.0320 e. The van der Waals surface area contributed by atoms with Crippen molar-refractivity contribution in [2.45, 2.75) is 25.4 Å². The maximum Gasteiger partial charge on any atom is 0.0320 e. The van der Waals surface area contributed by atoms with Crippen LogP contribution in [0.15, 0.2) is 27.1 Å². The Bertz CT molecular complexity index is 374. The van der Waals surface area contributed by atoms with Crippen molar-refractivity contribution < 1.29 is 0 Å². The minimum Gasteiger partial charge on any atom is -0.329 e. The molecule has 1 saturated heterocycles. The molecule has 0 aliphatic carbocycles. The topological polar surface area (TPSA) is 29.3 Å². The van der Waals surface area contributed by atoms with Gasteiger partial charge in [-0.05, 0) is 68.9 Å². The lowest BCUT2D eigenvalue weighted by Gasteiger charge is -2.23. The molecule has 0 aromatic heterocycles. The fourth-order valence-electron chi connectivity index (χ4n) is 2.24. The highest BCUT2D eigenvalue weighted by molar-refractivity contribution is 9.13. The average molecular weight is 385 g/mol. The first-order valence-electron chi connectivity index (χ1n) is 5.58. The Hall–Kier alpha value is 0.390. The highest BCUT2D eigenvalue weighted by atomic mass is 79.9. The number of rotatable bonds is 3. The van der Waals surface area contributed by atoms with Gasteiger partial charge in [0.25, 0.3) is 0 Å². The molecule has 1 aromatic rings. The second kappa shape index (κ2) is 7.10. The summed E-state index contributed by atoms with van der Waals surface area (Å²) in [4.78, 5) is 2.48. The maximum atomic E-state index is 5.77. The third-order valence-electron chi connectivity index (χ3n) is 3.14. The molecule has 5 heteroatoms. The summed E-state index contributed by atoms with van der Waals surface area (Å²) >= 11 is 7.02. The summed E-state index contributed by atoms with van der Waals surface area (Å²) in [6.45, 7) is 2.96. The van der Waals surface area contributed by atoms with Crippen LogP contribution < -0.4 is 5.73 Å². The van der Waals surface area contributed by atoms with Crippen molar-refractivity contribution in [1.82, 2.24) is 4.90 Å². The van der Waals surface area contributed by atoms with Crippen LogP contribution in [0.3, 0.4) is 0 Å². The van der Waals surface area contributed by atoms with E-state index in [0.717, 1.165) is 22.0 Å². The highest BCUT2D eigenvalue weighted by Gasteiger charge is 2.22. The fourth-order valence-corrected chi connectivity index (χ4v) is 2.92. The van der Waals surface area contributed by atoms with Crippen molar-refractivity contribution in [2.24, 2.45) is 5.73 Å². The molecule has 0 bridgehead atoms. The molecule has 0 radical (unpaired) electrons. The van der Waals surface area contributed by atoms with Crippen LogP contribution in [-0.2, 0) is 6.54 Å². The number of benzene rings is 1. The SMILES string of the molecule is Cl.NCC1CCCN1Cc1ccc(Br)c(Br)c1. The number of nitrogens with zero attached hydrogens (tertiary/aromatic N) is 1. The van der Waals surface area contributed by atoms with E-state index in [1.807, 2.05) is 0 Å². The summed E-state index contributed by atoms with van der Waals surface area (Å²) in [5.41, 5.74) is 7.12. The maximum absolute atomic E-state index is 5.77. The van der Waals surface area contributed by atoms with Gasteiger partial charge in [0.15, 0.2) is 0 Å². The minimum absolute atomic E-state index is 0. The van der Waals surface area contributed by atoms with Gasteiger partial charge in [-0.2, -0.15) is 0 Å². The van der Waals surface area contributed by atoms with Gasteiger partial charge in [0.1, 0.15) is 0 Å². The Kier molecular flexibility index (Phi) is 6.45. The number of hydrogen-bond donors (Lipinski definition) is 1. The van der Waals surface area contributed by atoms with Crippen LogP contribution in [0.25, 0.3) is 0 Å². The average Bonchev–Trinajstić information content (AvgIpc) is 2.71. The first kappa shape index (κ1) is 15.4. The molecule has 0 spiro atoms. The van der Waals surface area contributed by atoms with Crippen molar-refractivity contribution in [3.05, 3.63) is 32.7 Å². The zero-order valence-electron chi connectivity index (χ0n) is 9.53. The molecule has 2 rings (SSSR count). The Labute approximate surface area is 126 Å². The van der Waals surface area contributed by atoms with Crippen LogP contribution in [0, 0.1) is 0 Å². The summed E-state index contributed by atoms with van der Waals surface area (Å²) in [6, 6.07) is 7.01. The van der Waals surface area contributed by atoms with Crippen LogP contribution in [0.1, 0.15) is 18.4 Å². The van der Waals surface area contributed by atoms with E-state index in [4.69, 9.17) is 5.73 Å². The van der Waals surface area contributed by atoms with Gasteiger partial charge in [-0.3, -0.25) is 4.90 Å². The van der Waals surface area contributed by atoms with E-state index >= 15 is 0 Å². The summed E-state index contributed by atoms with van der Waals surface area (Å²) in [6.07, 6.45) is 2.52. The summed E-state index contributed by atoms with van der Waals surface area (Å²) in [5, 5.41) is 0. The molecule has 17 heavy (non-hydrogen) atoms. The van der Waals surface area contributed by atoms with Crippen molar-refractivity contribution in [2.75, 3.05) is 13.1 Å². The Balaban J connectivity index is 0.00000144. The number of nitrogens with two attached hydrogens (primary N) is 1. The number of halogens is 3. The lowest BCUT2D eigenvalue weighted by Crippen LogP contribution is -2.34. The standard InChI is InChI=1S/C12H16Br2N2.ClH/c13-11-4-3-9(6-12(11)14)8-16-5-1-2-10(16)7-15;/h3-4,6,10H,1-2,5,7-8,15H2;1H. The minimum atomic E-state index is 0. The van der Waals surface area contributed by atoms with E-state index in [-0.39, 0.29) is 12.4 Å². The van der Waals surface area contributed by atoms with Gasteiger partial charge < -0.3 is 5.73 Å². The van der Waals surface area contributed by atoms with Crippen LogP contribution in [-0.4, -0.2) is 24.0 Å².